The van der Waals surface area contributed by atoms with Crippen LogP contribution in [0.25, 0.3) is 0 Å². The molecule has 1 fully saturated rings. The minimum Gasteiger partial charge on any atom is -0.221 e. The largest absolute Gasteiger partial charge is 0.325 e. The third-order valence-electron chi connectivity index (χ3n) is 6.44. The summed E-state index contributed by atoms with van der Waals surface area (Å²) in [6.45, 7) is 6.59. The van der Waals surface area contributed by atoms with Crippen molar-refractivity contribution < 1.29 is 12.7 Å². The smallest absolute Gasteiger partial charge is 0.221 e. The number of rotatable bonds is 5. The highest BCUT2D eigenvalue weighted by atomic mass is 32.2. The van der Waals surface area contributed by atoms with Crippen molar-refractivity contribution in [2.24, 2.45) is 0 Å². The summed E-state index contributed by atoms with van der Waals surface area (Å²) in [7, 11) is -3.54. The van der Waals surface area contributed by atoms with E-state index in [1.165, 1.54) is 11.1 Å². The maximum atomic E-state index is 13.8. The second kappa shape index (κ2) is 8.01. The first-order chi connectivity index (χ1) is 14.3. The SMILES string of the molecule is C[C](C)C1CC(c2ccccc2)(c2ccccc2)C[NH+]1S(=O)(=O)c1ccc(C)cc1. The Morgan fingerprint density at radius 3 is 1.80 bits per heavy atom. The van der Waals surface area contributed by atoms with Crippen molar-refractivity contribution >= 4 is 10.0 Å². The van der Waals surface area contributed by atoms with Gasteiger partial charge in [-0.15, -0.1) is 0 Å². The zero-order chi connectivity index (χ0) is 21.4. The highest BCUT2D eigenvalue weighted by Gasteiger charge is 2.55. The molecule has 0 aliphatic carbocycles. The van der Waals surface area contributed by atoms with Crippen LogP contribution in [0.4, 0.5) is 0 Å². The van der Waals surface area contributed by atoms with Gasteiger partial charge in [-0.2, -0.15) is 8.42 Å². The summed E-state index contributed by atoms with van der Waals surface area (Å²) >= 11 is 0. The van der Waals surface area contributed by atoms with E-state index in [2.05, 4.69) is 38.1 Å². The zero-order valence-electron chi connectivity index (χ0n) is 17.8. The molecule has 2 unspecified atom stereocenters. The van der Waals surface area contributed by atoms with Crippen molar-refractivity contribution in [3.63, 3.8) is 0 Å². The van der Waals surface area contributed by atoms with Gasteiger partial charge in [-0.05, 0) is 30.2 Å². The Morgan fingerprint density at radius 1 is 0.833 bits per heavy atom. The third-order valence-corrected chi connectivity index (χ3v) is 8.46. The van der Waals surface area contributed by atoms with Gasteiger partial charge in [0.25, 0.3) is 0 Å². The number of quaternary nitrogens is 1. The number of hydrogen-bond donors (Lipinski definition) is 1. The highest BCUT2D eigenvalue weighted by Crippen LogP contribution is 2.40. The number of benzene rings is 3. The molecule has 3 aromatic carbocycles. The lowest BCUT2D eigenvalue weighted by molar-refractivity contribution is -0.779. The van der Waals surface area contributed by atoms with E-state index in [1.54, 1.807) is 12.1 Å². The molecule has 3 aromatic rings. The minimum absolute atomic E-state index is 0.0725. The maximum absolute atomic E-state index is 13.8. The lowest BCUT2D eigenvalue weighted by Crippen LogP contribution is -3.16. The van der Waals surface area contributed by atoms with Gasteiger partial charge in [0.15, 0.2) is 0 Å². The molecule has 0 spiro atoms. The predicted molar refractivity (Wildman–Crippen MR) is 121 cm³/mol. The second-order valence-electron chi connectivity index (χ2n) is 8.61. The Bertz CT molecular complexity index is 1050. The van der Waals surface area contributed by atoms with Gasteiger partial charge >= 0.3 is 10.0 Å². The molecular weight excluding hydrogens is 390 g/mol. The van der Waals surface area contributed by atoms with E-state index in [0.29, 0.717) is 15.7 Å². The molecule has 0 aromatic heterocycles. The van der Waals surface area contributed by atoms with E-state index in [9.17, 15) is 8.42 Å². The fourth-order valence-corrected chi connectivity index (χ4v) is 6.68. The number of hydrogen-bond acceptors (Lipinski definition) is 2. The van der Waals surface area contributed by atoms with E-state index < -0.39 is 10.0 Å². The summed E-state index contributed by atoms with van der Waals surface area (Å²) < 4.78 is 28.2. The van der Waals surface area contributed by atoms with Crippen LogP contribution in [0.1, 0.15) is 37.0 Å². The van der Waals surface area contributed by atoms with Crippen molar-refractivity contribution in [2.45, 2.75) is 43.5 Å². The topological polar surface area (TPSA) is 38.6 Å². The van der Waals surface area contributed by atoms with Gasteiger partial charge in [0.05, 0.1) is 5.41 Å². The number of aryl methyl sites for hydroxylation is 1. The van der Waals surface area contributed by atoms with E-state index in [0.717, 1.165) is 17.9 Å². The molecule has 1 N–H and O–H groups in total. The summed E-state index contributed by atoms with van der Waals surface area (Å²) in [5.41, 5.74) is 3.06. The lowest BCUT2D eigenvalue weighted by atomic mass is 9.72. The van der Waals surface area contributed by atoms with Crippen LogP contribution in [-0.2, 0) is 15.4 Å². The standard InChI is InChI=1S/C26H28NO2S/c1-20(2)25-18-26(22-10-6-4-7-11-22,23-12-8-5-9-13-23)19-27(25)30(28,29)24-16-14-21(3)15-17-24/h4-17,25H,18-19H2,1-3H3/p+1. The highest BCUT2D eigenvalue weighted by molar-refractivity contribution is 7.85. The summed E-state index contributed by atoms with van der Waals surface area (Å²) in [5, 5.41) is 0. The quantitative estimate of drug-likeness (QED) is 0.680. The molecule has 30 heavy (non-hydrogen) atoms. The molecule has 0 amide bonds. The first-order valence-corrected chi connectivity index (χ1v) is 11.9. The van der Waals surface area contributed by atoms with Crippen molar-refractivity contribution in [3.8, 4) is 0 Å². The molecule has 0 saturated carbocycles. The van der Waals surface area contributed by atoms with Crippen LogP contribution in [0.3, 0.4) is 0 Å². The third kappa shape index (κ3) is 3.59. The Balaban J connectivity index is 1.86. The van der Waals surface area contributed by atoms with Gasteiger partial charge in [-0.3, -0.25) is 0 Å². The predicted octanol–water partition coefficient (Wildman–Crippen LogP) is 3.94. The van der Waals surface area contributed by atoms with Crippen molar-refractivity contribution in [1.29, 1.82) is 0 Å². The first-order valence-electron chi connectivity index (χ1n) is 10.4. The van der Waals surface area contributed by atoms with Crippen LogP contribution in [0, 0.1) is 12.8 Å². The van der Waals surface area contributed by atoms with E-state index in [-0.39, 0.29) is 11.5 Å². The fourth-order valence-electron chi connectivity index (χ4n) is 4.75. The molecule has 1 aliphatic rings. The zero-order valence-corrected chi connectivity index (χ0v) is 18.6. The number of sulfonamides is 1. The molecule has 3 nitrogen and oxygen atoms in total. The van der Waals surface area contributed by atoms with Gasteiger partial charge < -0.3 is 0 Å². The molecule has 1 aliphatic heterocycles. The van der Waals surface area contributed by atoms with Crippen LogP contribution in [0.2, 0.25) is 0 Å². The monoisotopic (exact) mass is 419 g/mol. The Hall–Kier alpha value is -2.43. The summed E-state index contributed by atoms with van der Waals surface area (Å²) in [5.74, 6) is 1.15. The Kier molecular flexibility index (Phi) is 5.56. The van der Waals surface area contributed by atoms with Gasteiger partial charge in [-0.1, -0.05) is 92.2 Å². The molecule has 0 bridgehead atoms. The Morgan fingerprint density at radius 2 is 1.33 bits per heavy atom. The van der Waals surface area contributed by atoms with Crippen LogP contribution in [-0.4, -0.2) is 21.0 Å². The minimum atomic E-state index is -3.54. The van der Waals surface area contributed by atoms with Crippen molar-refractivity contribution in [1.82, 2.24) is 0 Å². The Labute approximate surface area is 180 Å². The van der Waals surface area contributed by atoms with Crippen LogP contribution in [0.15, 0.2) is 89.8 Å². The number of nitrogens with one attached hydrogen (secondary N) is 1. The molecule has 4 rings (SSSR count). The van der Waals surface area contributed by atoms with Gasteiger partial charge in [0, 0.05) is 12.3 Å². The molecule has 2 atom stereocenters. The van der Waals surface area contributed by atoms with Crippen LogP contribution < -0.4 is 4.31 Å². The molecule has 1 saturated heterocycles. The molecular formula is C26H29NO2S+. The van der Waals surface area contributed by atoms with E-state index in [4.69, 9.17) is 0 Å². The van der Waals surface area contributed by atoms with E-state index in [1.807, 2.05) is 55.5 Å². The van der Waals surface area contributed by atoms with Gasteiger partial charge in [-0.25, -0.2) is 4.31 Å². The lowest BCUT2D eigenvalue weighted by Gasteiger charge is -2.28. The maximum Gasteiger partial charge on any atom is 0.325 e. The second-order valence-corrected chi connectivity index (χ2v) is 10.6. The normalized spacial score (nSPS) is 21.1. The van der Waals surface area contributed by atoms with Crippen molar-refractivity contribution in [3.05, 3.63) is 108 Å². The molecule has 4 heteroatoms. The summed E-state index contributed by atoms with van der Waals surface area (Å²) in [6, 6.07) is 27.9. The molecule has 155 valence electrons. The van der Waals surface area contributed by atoms with Crippen molar-refractivity contribution in [2.75, 3.05) is 6.54 Å². The van der Waals surface area contributed by atoms with Crippen LogP contribution in [0.5, 0.6) is 0 Å². The summed E-state index contributed by atoms with van der Waals surface area (Å²) in [4.78, 5) is 0.395. The average molecular weight is 420 g/mol. The summed E-state index contributed by atoms with van der Waals surface area (Å²) in [6.07, 6.45) is 0.768. The van der Waals surface area contributed by atoms with Gasteiger partial charge in [0.2, 0.25) is 0 Å². The molecule has 1 radical (unpaired) electrons. The van der Waals surface area contributed by atoms with Crippen LogP contribution >= 0.6 is 0 Å². The average Bonchev–Trinajstić information content (AvgIpc) is 3.19. The van der Waals surface area contributed by atoms with E-state index >= 15 is 0 Å². The fraction of sp³-hybridized carbons (Fsp3) is 0.269. The first kappa shape index (κ1) is 20.8. The molecule has 1 heterocycles. The van der Waals surface area contributed by atoms with Gasteiger partial charge in [0.1, 0.15) is 17.5 Å².